The lowest BCUT2D eigenvalue weighted by molar-refractivity contribution is 0.598. The highest BCUT2D eigenvalue weighted by Gasteiger charge is 2.17. The summed E-state index contributed by atoms with van der Waals surface area (Å²) in [7, 11) is -7.87. The molecule has 0 rings (SSSR count). The van der Waals surface area contributed by atoms with Gasteiger partial charge < -0.3 is 0 Å². The summed E-state index contributed by atoms with van der Waals surface area (Å²) in [6, 6.07) is 0. The Balaban J connectivity index is -0.00000146. The van der Waals surface area contributed by atoms with Crippen LogP contribution in [0.5, 0.6) is 0 Å². The smallest absolute Gasteiger partial charge is 0.186 e. The van der Waals surface area contributed by atoms with Crippen molar-refractivity contribution in [2.24, 2.45) is 0 Å². The van der Waals surface area contributed by atoms with Crippen LogP contribution in [0.3, 0.4) is 0 Å². The molecular weight excluding hydrogens is 392 g/mol. The van der Waals surface area contributed by atoms with Crippen LogP contribution in [0.2, 0.25) is 0 Å². The van der Waals surface area contributed by atoms with E-state index in [4.69, 9.17) is 0 Å². The molecule has 0 aromatic heterocycles. The van der Waals surface area contributed by atoms with Crippen molar-refractivity contribution in [3.63, 3.8) is 0 Å². The highest BCUT2D eigenvalue weighted by Crippen LogP contribution is 2.08. The van der Waals surface area contributed by atoms with Crippen LogP contribution in [0.4, 0.5) is 0 Å². The number of hydrogen-bond acceptors (Lipinski definition) is 4. The second-order valence-corrected chi connectivity index (χ2v) is 8.70. The first-order valence-electron chi connectivity index (χ1n) is 8.92. The maximum absolute atomic E-state index is 12.0. The molecule has 158 valence electrons. The fourth-order valence-electron chi connectivity index (χ4n) is 1.49. The minimum atomic E-state index is -3.94. The molecule has 0 unspecified atom stereocenters. The van der Waals surface area contributed by atoms with Crippen molar-refractivity contribution in [2.45, 2.75) is 34.6 Å². The SMILES string of the molecule is C=C/C=C(C=C)/C=C/S(=O)(=O)CS(=O)(=O)/C=C/C(/C=C\C)=C/C=C.CC.CC. The summed E-state index contributed by atoms with van der Waals surface area (Å²) in [6.07, 6.45) is 13.6. The molecule has 0 atom stereocenters. The summed E-state index contributed by atoms with van der Waals surface area (Å²) in [5.41, 5.74) is 1.10. The van der Waals surface area contributed by atoms with Crippen molar-refractivity contribution in [2.75, 3.05) is 5.08 Å². The van der Waals surface area contributed by atoms with Crippen molar-refractivity contribution < 1.29 is 16.8 Å². The van der Waals surface area contributed by atoms with Crippen LogP contribution < -0.4 is 0 Å². The Hall–Kier alpha value is -2.18. The molecule has 0 spiro atoms. The van der Waals surface area contributed by atoms with E-state index in [1.54, 1.807) is 31.2 Å². The normalized spacial score (nSPS) is 12.9. The van der Waals surface area contributed by atoms with Crippen molar-refractivity contribution >= 4 is 19.7 Å². The average molecular weight is 427 g/mol. The zero-order valence-corrected chi connectivity index (χ0v) is 19.3. The summed E-state index contributed by atoms with van der Waals surface area (Å²) < 4.78 is 47.8. The van der Waals surface area contributed by atoms with Gasteiger partial charge in [0, 0.05) is 10.8 Å². The molecule has 0 aromatic carbocycles. The molecule has 0 saturated carbocycles. The van der Waals surface area contributed by atoms with Gasteiger partial charge in [-0.1, -0.05) is 90.0 Å². The van der Waals surface area contributed by atoms with Crippen LogP contribution in [0.15, 0.2) is 96.4 Å². The monoisotopic (exact) mass is 426 g/mol. The maximum Gasteiger partial charge on any atom is 0.186 e. The van der Waals surface area contributed by atoms with Crippen molar-refractivity contribution in [3.05, 3.63) is 96.4 Å². The van der Waals surface area contributed by atoms with Gasteiger partial charge in [0.25, 0.3) is 0 Å². The van der Waals surface area contributed by atoms with E-state index in [2.05, 4.69) is 19.7 Å². The third-order valence-corrected chi connectivity index (χ3v) is 6.21. The molecule has 6 heteroatoms. The first-order chi connectivity index (χ1) is 13.2. The van der Waals surface area contributed by atoms with Crippen molar-refractivity contribution in [3.8, 4) is 0 Å². The Morgan fingerprint density at radius 2 is 1.11 bits per heavy atom. The van der Waals surface area contributed by atoms with Gasteiger partial charge in [-0.25, -0.2) is 16.8 Å². The summed E-state index contributed by atoms with van der Waals surface area (Å²) in [4.78, 5) is 0. The zero-order chi connectivity index (χ0) is 22.6. The Morgan fingerprint density at radius 3 is 1.46 bits per heavy atom. The molecule has 4 nitrogen and oxygen atoms in total. The van der Waals surface area contributed by atoms with Gasteiger partial charge >= 0.3 is 0 Å². The Kier molecular flexibility index (Phi) is 19.8. The molecule has 0 N–H and O–H groups in total. The minimum Gasteiger partial charge on any atom is -0.223 e. The number of hydrogen-bond donors (Lipinski definition) is 0. The van der Waals surface area contributed by atoms with E-state index in [0.717, 1.165) is 10.8 Å². The van der Waals surface area contributed by atoms with Gasteiger partial charge in [0.1, 0.15) is 0 Å². The summed E-state index contributed by atoms with van der Waals surface area (Å²) in [5.74, 6) is 0. The van der Waals surface area contributed by atoms with Crippen LogP contribution >= 0.6 is 0 Å². The first kappa shape index (κ1) is 30.5. The van der Waals surface area contributed by atoms with Crippen LogP contribution in [-0.4, -0.2) is 21.9 Å². The molecule has 0 aliphatic rings. The molecular formula is C22H34O4S2. The van der Waals surface area contributed by atoms with Gasteiger partial charge in [-0.05, 0) is 30.2 Å². The largest absolute Gasteiger partial charge is 0.223 e. The lowest BCUT2D eigenvalue weighted by Gasteiger charge is -1.99. The fraction of sp³-hybridized carbons (Fsp3) is 0.273. The molecule has 28 heavy (non-hydrogen) atoms. The Morgan fingerprint density at radius 1 is 0.714 bits per heavy atom. The minimum absolute atomic E-state index is 0.505. The number of sulfone groups is 2. The highest BCUT2D eigenvalue weighted by molar-refractivity contribution is 8.10. The summed E-state index contributed by atoms with van der Waals surface area (Å²) in [5, 5.41) is 0.715. The molecule has 0 bridgehead atoms. The van der Waals surface area contributed by atoms with E-state index in [1.165, 1.54) is 30.4 Å². The third kappa shape index (κ3) is 17.2. The zero-order valence-electron chi connectivity index (χ0n) is 17.6. The van der Waals surface area contributed by atoms with Gasteiger partial charge in [-0.2, -0.15) is 0 Å². The molecule has 0 heterocycles. The fourth-order valence-corrected chi connectivity index (χ4v) is 4.68. The highest BCUT2D eigenvalue weighted by atomic mass is 32.3. The summed E-state index contributed by atoms with van der Waals surface area (Å²) >= 11 is 0. The van der Waals surface area contributed by atoms with E-state index in [0.29, 0.717) is 11.1 Å². The van der Waals surface area contributed by atoms with Gasteiger partial charge in [-0.15, -0.1) is 0 Å². The molecule has 0 amide bonds. The second-order valence-electron chi connectivity index (χ2n) is 4.56. The van der Waals surface area contributed by atoms with E-state index < -0.39 is 24.8 Å². The lowest BCUT2D eigenvalue weighted by atomic mass is 10.2. The third-order valence-electron chi connectivity index (χ3n) is 2.48. The Bertz CT molecular complexity index is 818. The lowest BCUT2D eigenvalue weighted by Crippen LogP contribution is -2.12. The van der Waals surface area contributed by atoms with Crippen LogP contribution in [0.1, 0.15) is 34.6 Å². The number of rotatable bonds is 10. The predicted molar refractivity (Wildman–Crippen MR) is 125 cm³/mol. The number of allylic oxidation sites excluding steroid dienone is 11. The van der Waals surface area contributed by atoms with Crippen molar-refractivity contribution in [1.82, 2.24) is 0 Å². The van der Waals surface area contributed by atoms with E-state index in [1.807, 2.05) is 27.7 Å². The molecule has 0 aliphatic heterocycles. The standard InChI is InChI=1S/C18H22O4S2.2C2H6/c1-5-9-17(8-4)12-14-23(19,20)16-24(21,22)15-13-18(10-6-2)11-7-3;2*1-2/h5-15H,1-2,4,16H2,3H3;2*1-2H3/b11-7-,14-12+,15-13+,17-9+,18-10+;;. The van der Waals surface area contributed by atoms with Crippen molar-refractivity contribution in [1.29, 1.82) is 0 Å². The molecule has 0 saturated heterocycles. The quantitative estimate of drug-likeness (QED) is 0.412. The predicted octanol–water partition coefficient (Wildman–Crippen LogP) is 5.84. The van der Waals surface area contributed by atoms with E-state index in [-0.39, 0.29) is 0 Å². The average Bonchev–Trinajstić information content (AvgIpc) is 2.66. The topological polar surface area (TPSA) is 68.3 Å². The van der Waals surface area contributed by atoms with Gasteiger partial charge in [0.15, 0.2) is 24.8 Å². The molecule has 0 radical (unpaired) electrons. The van der Waals surface area contributed by atoms with Gasteiger partial charge in [0.2, 0.25) is 0 Å². The first-order valence-corrected chi connectivity index (χ1v) is 12.3. The van der Waals surface area contributed by atoms with Gasteiger partial charge in [-0.3, -0.25) is 0 Å². The second kappa shape index (κ2) is 18.2. The van der Waals surface area contributed by atoms with Gasteiger partial charge in [0.05, 0.1) is 0 Å². The molecule has 0 fully saturated rings. The van der Waals surface area contributed by atoms with Crippen LogP contribution in [0.25, 0.3) is 0 Å². The van der Waals surface area contributed by atoms with E-state index >= 15 is 0 Å². The Labute approximate surface area is 172 Å². The molecule has 0 aromatic rings. The maximum atomic E-state index is 12.0. The van der Waals surface area contributed by atoms with Crippen LogP contribution in [-0.2, 0) is 19.7 Å². The summed E-state index contributed by atoms with van der Waals surface area (Å²) in [6.45, 7) is 20.3. The van der Waals surface area contributed by atoms with Crippen LogP contribution in [0, 0.1) is 0 Å². The van der Waals surface area contributed by atoms with E-state index in [9.17, 15) is 16.8 Å². The molecule has 0 aliphatic carbocycles.